The molecule has 0 saturated carbocycles. The first-order valence-corrected chi connectivity index (χ1v) is 12.0. The minimum Gasteiger partial charge on any atom is -0.497 e. The summed E-state index contributed by atoms with van der Waals surface area (Å²) in [6.07, 6.45) is 0. The monoisotopic (exact) mass is 456 g/mol. The number of rotatable bonds is 7. The average molecular weight is 457 g/mol. The van der Waals surface area contributed by atoms with Crippen molar-refractivity contribution in [2.45, 2.75) is 16.7 Å². The lowest BCUT2D eigenvalue weighted by atomic mass is 10.2. The molecular formula is C19H24N2O7S2. The minimum absolute atomic E-state index is 0.0437. The van der Waals surface area contributed by atoms with E-state index >= 15 is 0 Å². The smallest absolute Gasteiger partial charge is 0.265 e. The molecule has 0 atom stereocenters. The predicted molar refractivity (Wildman–Crippen MR) is 111 cm³/mol. The van der Waals surface area contributed by atoms with Gasteiger partial charge in [0.1, 0.15) is 16.4 Å². The molecule has 9 nitrogen and oxygen atoms in total. The largest absolute Gasteiger partial charge is 0.497 e. The summed E-state index contributed by atoms with van der Waals surface area (Å²) in [6.45, 7) is 2.80. The fraction of sp³-hybridized carbons (Fsp3) is 0.368. The van der Waals surface area contributed by atoms with Gasteiger partial charge in [-0.15, -0.1) is 0 Å². The summed E-state index contributed by atoms with van der Waals surface area (Å²) in [6, 6.07) is 8.80. The highest BCUT2D eigenvalue weighted by atomic mass is 32.2. The molecular weight excluding hydrogens is 432 g/mol. The first kappa shape index (κ1) is 22.3. The van der Waals surface area contributed by atoms with E-state index in [0.717, 1.165) is 0 Å². The molecule has 2 aromatic carbocycles. The average Bonchev–Trinajstić information content (AvgIpc) is 2.75. The Bertz CT molecular complexity index is 1130. The number of hydrogen-bond acceptors (Lipinski definition) is 7. The maximum atomic E-state index is 13.0. The van der Waals surface area contributed by atoms with Gasteiger partial charge in [0.15, 0.2) is 0 Å². The van der Waals surface area contributed by atoms with Gasteiger partial charge in [-0.2, -0.15) is 4.31 Å². The summed E-state index contributed by atoms with van der Waals surface area (Å²) < 4.78 is 71.3. The van der Waals surface area contributed by atoms with Crippen molar-refractivity contribution in [1.29, 1.82) is 0 Å². The van der Waals surface area contributed by atoms with Crippen LogP contribution in [0, 0.1) is 6.92 Å². The quantitative estimate of drug-likeness (QED) is 0.677. The normalized spacial score (nSPS) is 15.6. The van der Waals surface area contributed by atoms with Gasteiger partial charge in [0.2, 0.25) is 10.0 Å². The van der Waals surface area contributed by atoms with E-state index in [4.69, 9.17) is 14.2 Å². The van der Waals surface area contributed by atoms with Crippen LogP contribution in [0.3, 0.4) is 0 Å². The van der Waals surface area contributed by atoms with Gasteiger partial charge in [0, 0.05) is 19.2 Å². The molecule has 1 aliphatic rings. The summed E-state index contributed by atoms with van der Waals surface area (Å²) in [4.78, 5) is -0.0790. The Balaban J connectivity index is 1.97. The fourth-order valence-corrected chi connectivity index (χ4v) is 5.97. The number of benzene rings is 2. The molecule has 1 heterocycles. The van der Waals surface area contributed by atoms with Crippen molar-refractivity contribution < 1.29 is 31.0 Å². The van der Waals surface area contributed by atoms with Crippen molar-refractivity contribution in [1.82, 2.24) is 4.31 Å². The molecule has 0 amide bonds. The third kappa shape index (κ3) is 4.53. The Morgan fingerprint density at radius 2 is 1.63 bits per heavy atom. The molecule has 164 valence electrons. The zero-order valence-electron chi connectivity index (χ0n) is 16.9. The number of sulfonamides is 2. The zero-order chi connectivity index (χ0) is 21.9. The second kappa shape index (κ2) is 8.80. The lowest BCUT2D eigenvalue weighted by Crippen LogP contribution is -2.40. The SMILES string of the molecule is COc1ccc(OC)c(S(=O)(=O)Nc2ccc(C)c(S(=O)(=O)N3CCOCC3)c2)c1. The molecule has 3 rings (SSSR count). The Morgan fingerprint density at radius 3 is 2.27 bits per heavy atom. The standard InChI is InChI=1S/C19H24N2O7S2/c1-14-4-5-15(12-18(14)30(24,25)21-8-10-28-11-9-21)20-29(22,23)19-13-16(26-2)6-7-17(19)27-3/h4-7,12-13,20H,8-11H2,1-3H3. The third-order valence-electron chi connectivity index (χ3n) is 4.69. The van der Waals surface area contributed by atoms with Crippen LogP contribution in [-0.4, -0.2) is 61.7 Å². The molecule has 1 N–H and O–H groups in total. The molecule has 1 saturated heterocycles. The van der Waals surface area contributed by atoms with Crippen molar-refractivity contribution >= 4 is 25.7 Å². The summed E-state index contributed by atoms with van der Waals surface area (Å²) in [5.41, 5.74) is 0.640. The minimum atomic E-state index is -4.07. The predicted octanol–water partition coefficient (Wildman–Crippen LogP) is 1.83. The van der Waals surface area contributed by atoms with Crippen LogP contribution in [0.4, 0.5) is 5.69 Å². The lowest BCUT2D eigenvalue weighted by molar-refractivity contribution is 0.0730. The highest BCUT2D eigenvalue weighted by molar-refractivity contribution is 7.92. The molecule has 1 aliphatic heterocycles. The number of hydrogen-bond donors (Lipinski definition) is 1. The van der Waals surface area contributed by atoms with Crippen LogP contribution < -0.4 is 14.2 Å². The topological polar surface area (TPSA) is 111 Å². The summed E-state index contributed by atoms with van der Waals surface area (Å²) in [5, 5.41) is 0. The summed E-state index contributed by atoms with van der Waals surface area (Å²) in [5.74, 6) is 0.479. The van der Waals surface area contributed by atoms with Crippen molar-refractivity contribution in [3.8, 4) is 11.5 Å². The van der Waals surface area contributed by atoms with E-state index in [1.807, 2.05) is 0 Å². The molecule has 1 fully saturated rings. The van der Waals surface area contributed by atoms with Gasteiger partial charge in [-0.3, -0.25) is 4.72 Å². The second-order valence-electron chi connectivity index (χ2n) is 6.62. The van der Waals surface area contributed by atoms with E-state index in [2.05, 4.69) is 4.72 Å². The maximum absolute atomic E-state index is 13.0. The van der Waals surface area contributed by atoms with Crippen molar-refractivity contribution in [2.24, 2.45) is 0 Å². The summed E-state index contributed by atoms with van der Waals surface area (Å²) in [7, 11) is -5.07. The zero-order valence-corrected chi connectivity index (χ0v) is 18.5. The number of aryl methyl sites for hydroxylation is 1. The van der Waals surface area contributed by atoms with Crippen LogP contribution in [0.1, 0.15) is 5.56 Å². The molecule has 0 aromatic heterocycles. The fourth-order valence-electron chi connectivity index (χ4n) is 3.07. The van der Waals surface area contributed by atoms with Crippen LogP contribution in [0.2, 0.25) is 0 Å². The number of methoxy groups -OCH3 is 2. The Hall–Kier alpha value is -2.34. The molecule has 0 spiro atoms. The maximum Gasteiger partial charge on any atom is 0.265 e. The van der Waals surface area contributed by atoms with Crippen molar-refractivity contribution in [3.05, 3.63) is 42.0 Å². The van der Waals surface area contributed by atoms with Crippen LogP contribution in [0.25, 0.3) is 0 Å². The Labute approximate surface area is 176 Å². The van der Waals surface area contributed by atoms with Crippen molar-refractivity contribution in [3.63, 3.8) is 0 Å². The van der Waals surface area contributed by atoms with E-state index in [-0.39, 0.29) is 34.3 Å². The van der Waals surface area contributed by atoms with Gasteiger partial charge in [0.25, 0.3) is 10.0 Å². The van der Waals surface area contributed by atoms with Gasteiger partial charge < -0.3 is 14.2 Å². The molecule has 0 aliphatic carbocycles. The van der Waals surface area contributed by atoms with Crippen molar-refractivity contribution in [2.75, 3.05) is 45.2 Å². The van der Waals surface area contributed by atoms with E-state index in [0.29, 0.717) is 24.5 Å². The summed E-state index contributed by atoms with van der Waals surface area (Å²) >= 11 is 0. The van der Waals surface area contributed by atoms with Gasteiger partial charge in [-0.25, -0.2) is 16.8 Å². The van der Waals surface area contributed by atoms with E-state index in [1.165, 1.54) is 42.8 Å². The van der Waals surface area contributed by atoms with Crippen LogP contribution in [0.15, 0.2) is 46.2 Å². The van der Waals surface area contributed by atoms with Crippen LogP contribution in [0.5, 0.6) is 11.5 Å². The number of anilines is 1. The number of morpholine rings is 1. The Morgan fingerprint density at radius 1 is 0.933 bits per heavy atom. The lowest BCUT2D eigenvalue weighted by Gasteiger charge is -2.27. The Kier molecular flexibility index (Phi) is 6.56. The molecule has 30 heavy (non-hydrogen) atoms. The second-order valence-corrected chi connectivity index (χ2v) is 10.2. The van der Waals surface area contributed by atoms with E-state index in [1.54, 1.807) is 19.1 Å². The highest BCUT2D eigenvalue weighted by Crippen LogP contribution is 2.31. The molecule has 11 heteroatoms. The highest BCUT2D eigenvalue weighted by Gasteiger charge is 2.29. The van der Waals surface area contributed by atoms with Gasteiger partial charge in [-0.05, 0) is 36.8 Å². The number of nitrogens with one attached hydrogen (secondary N) is 1. The van der Waals surface area contributed by atoms with Crippen LogP contribution >= 0.6 is 0 Å². The third-order valence-corrected chi connectivity index (χ3v) is 8.13. The van der Waals surface area contributed by atoms with Crippen LogP contribution in [-0.2, 0) is 24.8 Å². The number of ether oxygens (including phenoxy) is 3. The molecule has 0 radical (unpaired) electrons. The van der Waals surface area contributed by atoms with Gasteiger partial charge >= 0.3 is 0 Å². The van der Waals surface area contributed by atoms with E-state index in [9.17, 15) is 16.8 Å². The van der Waals surface area contributed by atoms with Gasteiger partial charge in [-0.1, -0.05) is 6.07 Å². The molecule has 0 bridgehead atoms. The first-order chi connectivity index (χ1) is 14.2. The molecule has 0 unspecified atom stereocenters. The number of nitrogens with zero attached hydrogens (tertiary/aromatic N) is 1. The van der Waals surface area contributed by atoms with E-state index < -0.39 is 20.0 Å². The van der Waals surface area contributed by atoms with Gasteiger partial charge in [0.05, 0.1) is 38.0 Å². The first-order valence-electron chi connectivity index (χ1n) is 9.12. The molecule has 2 aromatic rings.